The van der Waals surface area contributed by atoms with Gasteiger partial charge in [0.2, 0.25) is 10.0 Å². The monoisotopic (exact) mass is 873 g/mol. The summed E-state index contributed by atoms with van der Waals surface area (Å²) in [4.78, 5) is 58.2. The van der Waals surface area contributed by atoms with Crippen molar-refractivity contribution in [3.63, 3.8) is 0 Å². The molecule has 0 bridgehead atoms. The lowest BCUT2D eigenvalue weighted by molar-refractivity contribution is -0.143. The van der Waals surface area contributed by atoms with Gasteiger partial charge in [0.1, 0.15) is 5.82 Å². The Labute approximate surface area is 356 Å². The van der Waals surface area contributed by atoms with Gasteiger partial charge < -0.3 is 20.6 Å². The molecule has 3 aromatic carbocycles. The van der Waals surface area contributed by atoms with E-state index in [9.17, 15) is 41.1 Å². The molecule has 61 heavy (non-hydrogen) atoms. The molecule has 1 aromatic heterocycles. The molecule has 5 N–H and O–H groups in total. The molecule has 3 amide bonds. The van der Waals surface area contributed by atoms with E-state index >= 15 is 0 Å². The van der Waals surface area contributed by atoms with Crippen molar-refractivity contribution in [3.05, 3.63) is 113 Å². The van der Waals surface area contributed by atoms with Gasteiger partial charge in [0.25, 0.3) is 17.7 Å². The van der Waals surface area contributed by atoms with Crippen LogP contribution in [0.25, 0.3) is 0 Å². The van der Waals surface area contributed by atoms with Crippen molar-refractivity contribution in [1.29, 1.82) is 0 Å². The van der Waals surface area contributed by atoms with Crippen LogP contribution in [-0.4, -0.2) is 87.6 Å². The maximum absolute atomic E-state index is 13.9. The number of aryl methyl sites for hydroxylation is 2. The number of anilines is 3. The summed E-state index contributed by atoms with van der Waals surface area (Å²) in [5, 5.41) is 15.1. The van der Waals surface area contributed by atoms with Crippen molar-refractivity contribution in [2.24, 2.45) is 5.92 Å². The van der Waals surface area contributed by atoms with Gasteiger partial charge in [-0.15, -0.1) is 0 Å². The lowest BCUT2D eigenvalue weighted by Gasteiger charge is -2.34. The lowest BCUT2D eigenvalue weighted by Crippen LogP contribution is -2.42. The molecule has 4 aromatic rings. The van der Waals surface area contributed by atoms with Crippen LogP contribution in [0.1, 0.15) is 94.2 Å². The number of aliphatic carboxylic acids is 1. The van der Waals surface area contributed by atoms with Crippen LogP contribution in [0.15, 0.2) is 89.8 Å². The van der Waals surface area contributed by atoms with E-state index in [1.165, 1.54) is 35.6 Å². The molecule has 0 radical (unpaired) electrons. The molecule has 2 aliphatic rings. The standard InChI is InChI=1S/C43H51N7O9S2/c1-3-50(35-22-18-32(19-23-35)43(54)55)60(56,57)36-9-7-8-33(28-36)40(51)46-37-24-25-38(49-26-5-4-6-27-49)47-39(37)42(53)45-34-20-14-30(15-21-34)11-10-29-12-16-31(17-13-29)41(52)48-61(58,59)44-2/h7-9,12-17,20-21,24-25,28,32,35,44H,3-6,10-11,18-19,22-23,26-27H2,1-2H3,(H,45,53)(H,46,51)(H,48,52)(H,54,55). The molecule has 0 atom stereocenters. The van der Waals surface area contributed by atoms with E-state index in [2.05, 4.69) is 15.5 Å². The highest BCUT2D eigenvalue weighted by Crippen LogP contribution is 2.32. The van der Waals surface area contributed by atoms with Gasteiger partial charge in [-0.3, -0.25) is 19.2 Å². The average molecular weight is 874 g/mol. The van der Waals surface area contributed by atoms with Crippen molar-refractivity contribution >= 4 is 61.1 Å². The number of pyridine rings is 1. The number of carboxylic acids is 1. The zero-order valence-corrected chi connectivity index (χ0v) is 35.7. The second-order valence-electron chi connectivity index (χ2n) is 15.1. The molecule has 1 aliphatic heterocycles. The summed E-state index contributed by atoms with van der Waals surface area (Å²) >= 11 is 0. The highest BCUT2D eigenvalue weighted by Gasteiger charge is 2.35. The molecular formula is C43H51N7O9S2. The van der Waals surface area contributed by atoms with Crippen LogP contribution in [-0.2, 0) is 37.9 Å². The Morgan fingerprint density at radius 1 is 0.754 bits per heavy atom. The molecule has 0 spiro atoms. The SMILES string of the molecule is CCN(C1CCC(C(=O)O)CC1)S(=O)(=O)c1cccc(C(=O)Nc2ccc(N3CCCCC3)nc2C(=O)Nc2ccc(CCc3ccc(C(=O)NS(=O)(=O)NC)cc3)cc2)c1. The number of nitrogens with zero attached hydrogens (tertiary/aromatic N) is 3. The first kappa shape index (κ1) is 44.9. The molecule has 0 unspecified atom stereocenters. The van der Waals surface area contributed by atoms with Crippen molar-refractivity contribution in [1.82, 2.24) is 18.7 Å². The number of carbonyl (C=O) groups is 4. The van der Waals surface area contributed by atoms with E-state index in [1.807, 2.05) is 21.6 Å². The fourth-order valence-electron chi connectivity index (χ4n) is 7.67. The summed E-state index contributed by atoms with van der Waals surface area (Å²) in [6, 6.07) is 22.7. The van der Waals surface area contributed by atoms with Crippen LogP contribution in [0.3, 0.4) is 0 Å². The van der Waals surface area contributed by atoms with Gasteiger partial charge in [-0.2, -0.15) is 12.7 Å². The first-order chi connectivity index (χ1) is 29.2. The third-order valence-corrected chi connectivity index (χ3v) is 14.1. The quantitative estimate of drug-likeness (QED) is 0.0983. The maximum atomic E-state index is 13.9. The van der Waals surface area contributed by atoms with Gasteiger partial charge in [0, 0.05) is 49.5 Å². The Kier molecular flexibility index (Phi) is 14.6. The topological polar surface area (TPSA) is 224 Å². The van der Waals surface area contributed by atoms with Gasteiger partial charge in [-0.05, 0) is 124 Å². The maximum Gasteiger partial charge on any atom is 0.306 e. The summed E-state index contributed by atoms with van der Waals surface area (Å²) in [7, 11) is -6.74. The fraction of sp³-hybridized carbons (Fsp3) is 0.372. The van der Waals surface area contributed by atoms with Gasteiger partial charge in [-0.1, -0.05) is 37.3 Å². The van der Waals surface area contributed by atoms with Crippen molar-refractivity contribution in [3.8, 4) is 0 Å². The Hall–Kier alpha value is -5.69. The number of sulfonamides is 1. The van der Waals surface area contributed by atoms with Gasteiger partial charge in [-0.25, -0.2) is 22.8 Å². The number of hydrogen-bond acceptors (Lipinski definition) is 10. The van der Waals surface area contributed by atoms with Crippen molar-refractivity contribution in [2.75, 3.05) is 42.2 Å². The fourth-order valence-corrected chi connectivity index (χ4v) is 9.88. The van der Waals surface area contributed by atoms with Gasteiger partial charge in [0.15, 0.2) is 5.69 Å². The normalized spacial score (nSPS) is 17.1. The summed E-state index contributed by atoms with van der Waals surface area (Å²) in [5.74, 6) is -2.69. The Morgan fingerprint density at radius 2 is 1.39 bits per heavy atom. The van der Waals surface area contributed by atoms with Crippen LogP contribution in [0.4, 0.5) is 17.2 Å². The number of carboxylic acid groups (broad SMARTS) is 1. The first-order valence-electron chi connectivity index (χ1n) is 20.3. The van der Waals surface area contributed by atoms with Crippen LogP contribution >= 0.6 is 0 Å². The zero-order chi connectivity index (χ0) is 43.7. The minimum atomic E-state index is -4.03. The highest BCUT2D eigenvalue weighted by atomic mass is 32.2. The number of nitrogens with one attached hydrogen (secondary N) is 4. The number of benzene rings is 3. The van der Waals surface area contributed by atoms with E-state index in [-0.39, 0.29) is 40.0 Å². The first-order valence-corrected chi connectivity index (χ1v) is 23.3. The van der Waals surface area contributed by atoms with E-state index < -0.39 is 49.8 Å². The molecule has 16 nitrogen and oxygen atoms in total. The predicted octanol–water partition coefficient (Wildman–Crippen LogP) is 5.21. The molecule has 1 saturated carbocycles. The number of carbonyl (C=O) groups excluding carboxylic acids is 3. The second kappa shape index (κ2) is 19.8. The van der Waals surface area contributed by atoms with Gasteiger partial charge in [0.05, 0.1) is 16.5 Å². The van der Waals surface area contributed by atoms with E-state index in [0.717, 1.165) is 43.5 Å². The highest BCUT2D eigenvalue weighted by molar-refractivity contribution is 7.89. The number of amides is 3. The molecule has 2 fully saturated rings. The molecule has 18 heteroatoms. The summed E-state index contributed by atoms with van der Waals surface area (Å²) in [6.45, 7) is 3.47. The third-order valence-electron chi connectivity index (χ3n) is 11.1. The Balaban J connectivity index is 1.14. The number of hydrogen-bond donors (Lipinski definition) is 5. The zero-order valence-electron chi connectivity index (χ0n) is 34.1. The smallest absolute Gasteiger partial charge is 0.306 e. The lowest BCUT2D eigenvalue weighted by atomic mass is 9.86. The van der Waals surface area contributed by atoms with Crippen LogP contribution in [0.2, 0.25) is 0 Å². The van der Waals surface area contributed by atoms with Crippen LogP contribution in [0, 0.1) is 5.92 Å². The number of rotatable bonds is 16. The number of piperidine rings is 1. The van der Waals surface area contributed by atoms with Crippen LogP contribution in [0.5, 0.6) is 0 Å². The minimum absolute atomic E-state index is 0.0147. The van der Waals surface area contributed by atoms with E-state index in [4.69, 9.17) is 4.98 Å². The molecule has 6 rings (SSSR count). The minimum Gasteiger partial charge on any atom is -0.481 e. The summed E-state index contributed by atoms with van der Waals surface area (Å²) < 4.78 is 56.4. The van der Waals surface area contributed by atoms with Crippen LogP contribution < -0.4 is 25.0 Å². The predicted molar refractivity (Wildman–Crippen MR) is 231 cm³/mol. The largest absolute Gasteiger partial charge is 0.481 e. The molecular weight excluding hydrogens is 823 g/mol. The summed E-state index contributed by atoms with van der Waals surface area (Å²) in [6.07, 6.45) is 5.98. The second-order valence-corrected chi connectivity index (χ2v) is 18.6. The number of aromatic nitrogens is 1. The van der Waals surface area contributed by atoms with E-state index in [1.54, 1.807) is 55.5 Å². The molecule has 2 heterocycles. The van der Waals surface area contributed by atoms with E-state index in [0.29, 0.717) is 50.0 Å². The van der Waals surface area contributed by atoms with Crippen molar-refractivity contribution in [2.45, 2.75) is 75.6 Å². The molecule has 324 valence electrons. The Morgan fingerprint density at radius 3 is 2.00 bits per heavy atom. The average Bonchev–Trinajstić information content (AvgIpc) is 3.27. The molecule has 1 saturated heterocycles. The van der Waals surface area contributed by atoms with Gasteiger partial charge >= 0.3 is 16.2 Å². The third kappa shape index (κ3) is 11.4. The molecule has 1 aliphatic carbocycles. The Bertz CT molecular complexity index is 2450. The van der Waals surface area contributed by atoms with Crippen molar-refractivity contribution < 1.29 is 41.1 Å². The summed E-state index contributed by atoms with van der Waals surface area (Å²) in [5.41, 5.74) is 2.82.